The van der Waals surface area contributed by atoms with Crippen LogP contribution in [0.15, 0.2) is 101 Å². The van der Waals surface area contributed by atoms with Gasteiger partial charge in [0.1, 0.15) is 5.75 Å². The quantitative estimate of drug-likeness (QED) is 0.0958. The highest BCUT2D eigenvalue weighted by Crippen LogP contribution is 2.35. The molecule has 12 nitrogen and oxygen atoms in total. The van der Waals surface area contributed by atoms with Crippen LogP contribution in [0.5, 0.6) is 5.75 Å². The second-order valence-corrected chi connectivity index (χ2v) is 12.8. The molecule has 244 valence electrons. The van der Waals surface area contributed by atoms with Crippen molar-refractivity contribution in [1.29, 1.82) is 0 Å². The Morgan fingerprint density at radius 3 is 2.54 bits per heavy atom. The largest absolute Gasteiger partial charge is 0.497 e. The summed E-state index contributed by atoms with van der Waals surface area (Å²) in [6, 6.07) is 25.5. The summed E-state index contributed by atoms with van der Waals surface area (Å²) in [6.45, 7) is 1.98. The molecule has 3 heterocycles. The van der Waals surface area contributed by atoms with E-state index in [1.54, 1.807) is 36.4 Å². The van der Waals surface area contributed by atoms with Crippen LogP contribution in [-0.2, 0) is 17.9 Å². The van der Waals surface area contributed by atoms with Crippen molar-refractivity contribution < 1.29 is 19.2 Å². The Morgan fingerprint density at radius 1 is 1.04 bits per heavy atom. The molecule has 3 aromatic carbocycles. The molecule has 14 heteroatoms. The molecule has 1 atom stereocenters. The van der Waals surface area contributed by atoms with Crippen molar-refractivity contribution in [2.24, 2.45) is 5.10 Å². The average Bonchev–Trinajstić information content (AvgIpc) is 3.88. The highest BCUT2D eigenvalue weighted by Gasteiger charge is 2.34. The molecule has 0 aliphatic carbocycles. The number of hydrogen-bond donors (Lipinski definition) is 1. The summed E-state index contributed by atoms with van der Waals surface area (Å²) in [4.78, 5) is 38.8. The number of carbonyl (C=O) groups excluding carboxylic acids is 2. The predicted molar refractivity (Wildman–Crippen MR) is 183 cm³/mol. The van der Waals surface area contributed by atoms with E-state index < -0.39 is 10.8 Å². The monoisotopic (exact) mass is 681 g/mol. The molecular weight excluding hydrogens is 651 g/mol. The van der Waals surface area contributed by atoms with E-state index in [2.05, 4.69) is 15.5 Å². The number of nitro groups is 1. The van der Waals surface area contributed by atoms with Gasteiger partial charge in [-0.1, -0.05) is 66.4 Å². The molecule has 1 unspecified atom stereocenters. The summed E-state index contributed by atoms with van der Waals surface area (Å²) < 4.78 is 7.19. The minimum atomic E-state index is -0.511. The van der Waals surface area contributed by atoms with Gasteiger partial charge in [0.25, 0.3) is 17.5 Å². The Balaban J connectivity index is 1.21. The fourth-order valence-electron chi connectivity index (χ4n) is 5.41. The SMILES string of the molecule is COc1ccc(C2CC(c3cccs3)=NN2C(=O)CSc2nnc(CNC(=O)c3cccc([N+](=O)[O-])c3C)n2Cc2ccccc2)cc1. The van der Waals surface area contributed by atoms with E-state index in [1.807, 2.05) is 76.7 Å². The summed E-state index contributed by atoms with van der Waals surface area (Å²) in [7, 11) is 1.61. The van der Waals surface area contributed by atoms with Crippen molar-refractivity contribution >= 4 is 46.3 Å². The number of benzene rings is 3. The zero-order valence-corrected chi connectivity index (χ0v) is 27.7. The summed E-state index contributed by atoms with van der Waals surface area (Å²) in [5.74, 6) is 0.612. The number of hydrogen-bond acceptors (Lipinski definition) is 10. The number of thiophene rings is 1. The number of nitrogens with one attached hydrogen (secondary N) is 1. The van der Waals surface area contributed by atoms with E-state index in [9.17, 15) is 19.7 Å². The van der Waals surface area contributed by atoms with Gasteiger partial charge in [0.15, 0.2) is 11.0 Å². The summed E-state index contributed by atoms with van der Waals surface area (Å²) in [6.07, 6.45) is 0.585. The zero-order chi connectivity index (χ0) is 33.6. The Labute approximate surface area is 284 Å². The molecule has 1 N–H and O–H groups in total. The smallest absolute Gasteiger partial charge is 0.273 e. The lowest BCUT2D eigenvalue weighted by molar-refractivity contribution is -0.385. The van der Waals surface area contributed by atoms with Gasteiger partial charge in [-0.2, -0.15) is 5.10 Å². The number of nitro benzene ring substituents is 1. The first kappa shape index (κ1) is 32.6. The lowest BCUT2D eigenvalue weighted by atomic mass is 10.0. The zero-order valence-electron chi connectivity index (χ0n) is 26.1. The number of ether oxygens (including phenoxy) is 1. The topological polar surface area (TPSA) is 145 Å². The second-order valence-electron chi connectivity index (χ2n) is 10.9. The van der Waals surface area contributed by atoms with Crippen LogP contribution in [-0.4, -0.2) is 55.1 Å². The fraction of sp³-hybridized carbons (Fsp3) is 0.206. The fourth-order valence-corrected chi connectivity index (χ4v) is 6.94. The highest BCUT2D eigenvalue weighted by atomic mass is 32.2. The number of hydrazone groups is 1. The first-order valence-electron chi connectivity index (χ1n) is 15.0. The van der Waals surface area contributed by atoms with E-state index in [0.717, 1.165) is 27.5 Å². The first-order chi connectivity index (χ1) is 23.3. The Kier molecular flexibility index (Phi) is 9.92. The predicted octanol–water partition coefficient (Wildman–Crippen LogP) is 6.01. The molecule has 0 radical (unpaired) electrons. The number of aromatic nitrogens is 3. The van der Waals surface area contributed by atoms with Crippen LogP contribution in [0.2, 0.25) is 0 Å². The van der Waals surface area contributed by atoms with Crippen LogP contribution >= 0.6 is 23.1 Å². The minimum absolute atomic E-state index is 0.0233. The third-order valence-electron chi connectivity index (χ3n) is 7.93. The van der Waals surface area contributed by atoms with Gasteiger partial charge >= 0.3 is 0 Å². The third kappa shape index (κ3) is 7.14. The molecule has 1 aliphatic rings. The van der Waals surface area contributed by atoms with Crippen molar-refractivity contribution in [3.05, 3.63) is 133 Å². The summed E-state index contributed by atoms with van der Waals surface area (Å²) in [5, 5.41) is 31.8. The molecule has 0 bridgehead atoms. The normalized spacial score (nSPS) is 14.1. The number of rotatable bonds is 12. The van der Waals surface area contributed by atoms with Crippen LogP contribution in [0.4, 0.5) is 5.69 Å². The van der Waals surface area contributed by atoms with Crippen LogP contribution in [0.25, 0.3) is 0 Å². The van der Waals surface area contributed by atoms with Gasteiger partial charge in [-0.25, -0.2) is 5.01 Å². The standard InChI is InChI=1S/C34H31N7O5S2/c1-22-26(10-6-11-28(22)41(44)45)33(43)35-19-31-36-37-34(39(31)20-23-8-4-3-5-9-23)48-21-32(42)40-29(24-13-15-25(46-2)16-14-24)18-27(38-40)30-12-7-17-47-30/h3-17,29H,18-21H2,1-2H3,(H,35,43). The van der Waals surface area contributed by atoms with Gasteiger partial charge in [-0.15, -0.1) is 21.5 Å². The van der Waals surface area contributed by atoms with Gasteiger partial charge < -0.3 is 14.6 Å². The Bertz CT molecular complexity index is 1960. The average molecular weight is 682 g/mol. The lowest BCUT2D eigenvalue weighted by Gasteiger charge is -2.22. The van der Waals surface area contributed by atoms with Crippen LogP contribution in [0.3, 0.4) is 0 Å². The van der Waals surface area contributed by atoms with Crippen molar-refractivity contribution in [3.63, 3.8) is 0 Å². The summed E-state index contributed by atoms with van der Waals surface area (Å²) in [5.41, 5.74) is 3.15. The molecule has 2 amide bonds. The molecule has 0 saturated heterocycles. The molecule has 0 spiro atoms. The van der Waals surface area contributed by atoms with E-state index in [4.69, 9.17) is 9.84 Å². The van der Waals surface area contributed by atoms with Gasteiger partial charge in [-0.3, -0.25) is 19.7 Å². The van der Waals surface area contributed by atoms with E-state index >= 15 is 0 Å². The maximum atomic E-state index is 13.8. The molecule has 0 saturated carbocycles. The minimum Gasteiger partial charge on any atom is -0.497 e. The van der Waals surface area contributed by atoms with Gasteiger partial charge in [0.2, 0.25) is 0 Å². The first-order valence-corrected chi connectivity index (χ1v) is 16.9. The molecule has 6 rings (SSSR count). The van der Waals surface area contributed by atoms with Gasteiger partial charge in [-0.05, 0) is 47.7 Å². The maximum absolute atomic E-state index is 13.8. The van der Waals surface area contributed by atoms with Crippen molar-refractivity contribution in [3.8, 4) is 5.75 Å². The number of methoxy groups -OCH3 is 1. The summed E-state index contributed by atoms with van der Waals surface area (Å²) >= 11 is 2.83. The molecule has 1 aliphatic heterocycles. The van der Waals surface area contributed by atoms with Crippen molar-refractivity contribution in [2.45, 2.75) is 37.6 Å². The Hall–Kier alpha value is -5.34. The molecule has 5 aromatic rings. The van der Waals surface area contributed by atoms with Crippen molar-refractivity contribution in [2.75, 3.05) is 12.9 Å². The van der Waals surface area contributed by atoms with E-state index in [1.165, 1.54) is 23.9 Å². The number of carbonyl (C=O) groups is 2. The number of nitrogens with zero attached hydrogens (tertiary/aromatic N) is 6. The molecule has 2 aromatic heterocycles. The molecular formula is C34H31N7O5S2. The van der Waals surface area contributed by atoms with Crippen molar-refractivity contribution in [1.82, 2.24) is 25.1 Å². The number of amides is 2. The lowest BCUT2D eigenvalue weighted by Crippen LogP contribution is -2.28. The van der Waals surface area contributed by atoms with Gasteiger partial charge in [0, 0.05) is 23.6 Å². The number of thioether (sulfide) groups is 1. The molecule has 0 fully saturated rings. The van der Waals surface area contributed by atoms with Gasteiger partial charge in [0.05, 0.1) is 47.5 Å². The second kappa shape index (κ2) is 14.6. The highest BCUT2D eigenvalue weighted by molar-refractivity contribution is 7.99. The van der Waals surface area contributed by atoms with Crippen LogP contribution < -0.4 is 10.1 Å². The van der Waals surface area contributed by atoms with Crippen LogP contribution in [0, 0.1) is 17.0 Å². The maximum Gasteiger partial charge on any atom is 0.273 e. The Morgan fingerprint density at radius 2 is 1.83 bits per heavy atom. The third-order valence-corrected chi connectivity index (χ3v) is 9.80. The van der Waals surface area contributed by atoms with E-state index in [-0.39, 0.29) is 41.1 Å². The van der Waals surface area contributed by atoms with Crippen LogP contribution in [0.1, 0.15) is 50.2 Å². The van der Waals surface area contributed by atoms with E-state index in [0.29, 0.717) is 23.9 Å². The molecule has 48 heavy (non-hydrogen) atoms.